The quantitative estimate of drug-likeness (QED) is 0.734. The summed E-state index contributed by atoms with van der Waals surface area (Å²) in [5.74, 6) is -0.0681. The number of carboxylic acids is 1. The highest BCUT2D eigenvalue weighted by atomic mass is 16.5. The van der Waals surface area contributed by atoms with Gasteiger partial charge in [-0.2, -0.15) is 0 Å². The summed E-state index contributed by atoms with van der Waals surface area (Å²) in [6, 6.07) is 7.73. The first-order valence-electron chi connectivity index (χ1n) is 7.77. The van der Waals surface area contributed by atoms with E-state index in [2.05, 4.69) is 12.2 Å². The van der Waals surface area contributed by atoms with Crippen LogP contribution in [0, 0.1) is 5.41 Å². The van der Waals surface area contributed by atoms with Crippen LogP contribution in [0.3, 0.4) is 0 Å². The van der Waals surface area contributed by atoms with Crippen molar-refractivity contribution < 1.29 is 19.4 Å². The molecule has 0 aliphatic heterocycles. The molecular formula is C17H23NO4. The molecule has 1 aliphatic carbocycles. The van der Waals surface area contributed by atoms with E-state index in [1.54, 1.807) is 0 Å². The topological polar surface area (TPSA) is 75.6 Å². The number of aryl methyl sites for hydroxylation is 1. The minimum atomic E-state index is -0.810. The molecule has 1 aromatic carbocycles. The Labute approximate surface area is 130 Å². The number of nitrogens with one attached hydrogen (secondary N) is 1. The predicted octanol–water partition coefficient (Wildman–Crippen LogP) is 2.39. The number of carbonyl (C=O) groups excluding carboxylic acids is 1. The lowest BCUT2D eigenvalue weighted by Gasteiger charge is -2.11. The average molecular weight is 305 g/mol. The van der Waals surface area contributed by atoms with Crippen molar-refractivity contribution in [2.75, 3.05) is 13.2 Å². The first-order chi connectivity index (χ1) is 10.6. The van der Waals surface area contributed by atoms with E-state index in [0.717, 1.165) is 17.7 Å². The van der Waals surface area contributed by atoms with Gasteiger partial charge in [0.15, 0.2) is 0 Å². The van der Waals surface area contributed by atoms with Crippen molar-refractivity contribution in [3.05, 3.63) is 29.8 Å². The van der Waals surface area contributed by atoms with E-state index in [-0.39, 0.29) is 12.5 Å². The number of hydrogen-bond donors (Lipinski definition) is 2. The fourth-order valence-electron chi connectivity index (χ4n) is 2.20. The molecule has 1 fully saturated rings. The van der Waals surface area contributed by atoms with E-state index in [9.17, 15) is 9.59 Å². The molecule has 0 atom stereocenters. The molecule has 0 unspecified atom stereocenters. The van der Waals surface area contributed by atoms with Gasteiger partial charge in [-0.05, 0) is 43.4 Å². The first kappa shape index (κ1) is 16.3. The van der Waals surface area contributed by atoms with E-state index >= 15 is 0 Å². The van der Waals surface area contributed by atoms with Gasteiger partial charge in [-0.25, -0.2) is 0 Å². The van der Waals surface area contributed by atoms with E-state index in [4.69, 9.17) is 9.84 Å². The Morgan fingerprint density at radius 2 is 1.95 bits per heavy atom. The Hall–Kier alpha value is -2.04. The summed E-state index contributed by atoms with van der Waals surface area (Å²) < 4.78 is 5.51. The van der Waals surface area contributed by atoms with Crippen molar-refractivity contribution in [1.82, 2.24) is 5.32 Å². The lowest BCUT2D eigenvalue weighted by atomic mass is 10.1. The lowest BCUT2D eigenvalue weighted by Crippen LogP contribution is -2.34. The summed E-state index contributed by atoms with van der Waals surface area (Å²) in [5, 5.41) is 11.8. The van der Waals surface area contributed by atoms with Crippen molar-refractivity contribution in [3.8, 4) is 5.75 Å². The van der Waals surface area contributed by atoms with Crippen molar-refractivity contribution in [3.63, 3.8) is 0 Å². The monoisotopic (exact) mass is 305 g/mol. The molecule has 0 bridgehead atoms. The molecule has 1 amide bonds. The van der Waals surface area contributed by atoms with Gasteiger partial charge in [-0.1, -0.05) is 19.1 Å². The van der Waals surface area contributed by atoms with Gasteiger partial charge >= 0.3 is 5.97 Å². The zero-order valence-electron chi connectivity index (χ0n) is 12.9. The van der Waals surface area contributed by atoms with Gasteiger partial charge in [0.2, 0.25) is 5.91 Å². The molecule has 1 aliphatic rings. The molecule has 0 spiro atoms. The molecule has 2 rings (SSSR count). The van der Waals surface area contributed by atoms with Gasteiger partial charge in [0.25, 0.3) is 0 Å². The maximum absolute atomic E-state index is 11.8. The Bertz CT molecular complexity index is 520. The summed E-state index contributed by atoms with van der Waals surface area (Å²) in [6.07, 6.45) is 3.29. The summed E-state index contributed by atoms with van der Waals surface area (Å²) in [5.41, 5.74) is 0.367. The maximum atomic E-state index is 11.8. The summed E-state index contributed by atoms with van der Waals surface area (Å²) in [6.45, 7) is 3.00. The van der Waals surface area contributed by atoms with E-state index < -0.39 is 11.4 Å². The van der Waals surface area contributed by atoms with Crippen LogP contribution >= 0.6 is 0 Å². The van der Waals surface area contributed by atoms with Gasteiger partial charge in [0, 0.05) is 13.0 Å². The standard InChI is InChI=1S/C17H23NO4/c1-2-11-22-14-6-3-13(4-7-14)5-8-15(19)18-12-17(9-10-17)16(20)21/h3-4,6-7H,2,5,8-12H2,1H3,(H,18,19)(H,20,21). The van der Waals surface area contributed by atoms with Crippen LogP contribution in [0.1, 0.15) is 38.2 Å². The molecule has 2 N–H and O–H groups in total. The number of hydrogen-bond acceptors (Lipinski definition) is 3. The molecule has 120 valence electrons. The maximum Gasteiger partial charge on any atom is 0.311 e. The van der Waals surface area contributed by atoms with E-state index in [1.165, 1.54) is 0 Å². The van der Waals surface area contributed by atoms with Crippen LogP contribution in [0.5, 0.6) is 5.75 Å². The normalized spacial score (nSPS) is 15.1. The third-order valence-corrected chi connectivity index (χ3v) is 3.97. The van der Waals surface area contributed by atoms with E-state index in [0.29, 0.717) is 32.3 Å². The second kappa shape index (κ2) is 7.29. The summed E-state index contributed by atoms with van der Waals surface area (Å²) in [7, 11) is 0. The number of aliphatic carboxylic acids is 1. The predicted molar refractivity (Wildman–Crippen MR) is 82.9 cm³/mol. The number of benzene rings is 1. The summed E-state index contributed by atoms with van der Waals surface area (Å²) >= 11 is 0. The van der Waals surface area contributed by atoms with Crippen molar-refractivity contribution in [1.29, 1.82) is 0 Å². The van der Waals surface area contributed by atoms with Gasteiger partial charge in [0.05, 0.1) is 12.0 Å². The second-order valence-electron chi connectivity index (χ2n) is 5.85. The minimum absolute atomic E-state index is 0.0983. The van der Waals surface area contributed by atoms with Crippen LogP contribution in [-0.2, 0) is 16.0 Å². The molecule has 1 aromatic rings. The molecule has 22 heavy (non-hydrogen) atoms. The third kappa shape index (κ3) is 4.48. The van der Waals surface area contributed by atoms with Crippen LogP contribution in [0.25, 0.3) is 0 Å². The van der Waals surface area contributed by atoms with Crippen LogP contribution in [0.2, 0.25) is 0 Å². The number of carboxylic acid groups (broad SMARTS) is 1. The van der Waals surface area contributed by atoms with Gasteiger partial charge in [-0.15, -0.1) is 0 Å². The zero-order chi connectivity index (χ0) is 16.0. The molecule has 0 radical (unpaired) electrons. The van der Waals surface area contributed by atoms with Gasteiger partial charge in [0.1, 0.15) is 5.75 Å². The largest absolute Gasteiger partial charge is 0.494 e. The Morgan fingerprint density at radius 3 is 2.50 bits per heavy atom. The highest BCUT2D eigenvalue weighted by molar-refractivity contribution is 5.81. The van der Waals surface area contributed by atoms with Crippen molar-refractivity contribution in [2.45, 2.75) is 39.0 Å². The molecular weight excluding hydrogens is 282 g/mol. The minimum Gasteiger partial charge on any atom is -0.494 e. The number of amides is 1. The highest BCUT2D eigenvalue weighted by Crippen LogP contribution is 2.45. The number of rotatable bonds is 9. The number of carbonyl (C=O) groups is 2. The fraction of sp³-hybridized carbons (Fsp3) is 0.529. The van der Waals surface area contributed by atoms with Crippen LogP contribution < -0.4 is 10.1 Å². The Morgan fingerprint density at radius 1 is 1.27 bits per heavy atom. The smallest absolute Gasteiger partial charge is 0.311 e. The Balaban J connectivity index is 1.71. The fourth-order valence-corrected chi connectivity index (χ4v) is 2.20. The average Bonchev–Trinajstić information content (AvgIpc) is 3.31. The van der Waals surface area contributed by atoms with Crippen LogP contribution in [0.4, 0.5) is 0 Å². The van der Waals surface area contributed by atoms with Crippen LogP contribution in [0.15, 0.2) is 24.3 Å². The van der Waals surface area contributed by atoms with Gasteiger partial charge < -0.3 is 15.2 Å². The highest BCUT2D eigenvalue weighted by Gasteiger charge is 2.50. The molecule has 0 aromatic heterocycles. The lowest BCUT2D eigenvalue weighted by molar-refractivity contribution is -0.143. The Kier molecular flexibility index (Phi) is 5.41. The van der Waals surface area contributed by atoms with Crippen LogP contribution in [-0.4, -0.2) is 30.1 Å². The van der Waals surface area contributed by atoms with Crippen molar-refractivity contribution >= 4 is 11.9 Å². The summed E-state index contributed by atoms with van der Waals surface area (Å²) in [4.78, 5) is 22.8. The number of ether oxygens (including phenoxy) is 1. The molecule has 0 saturated heterocycles. The third-order valence-electron chi connectivity index (χ3n) is 3.97. The molecule has 0 heterocycles. The van der Waals surface area contributed by atoms with E-state index in [1.807, 2.05) is 24.3 Å². The zero-order valence-corrected chi connectivity index (χ0v) is 12.9. The van der Waals surface area contributed by atoms with Crippen molar-refractivity contribution in [2.24, 2.45) is 5.41 Å². The molecule has 5 heteroatoms. The molecule has 1 saturated carbocycles. The molecule has 5 nitrogen and oxygen atoms in total. The first-order valence-corrected chi connectivity index (χ1v) is 7.77. The second-order valence-corrected chi connectivity index (χ2v) is 5.85. The SMILES string of the molecule is CCCOc1ccc(CCC(=O)NCC2(C(=O)O)CC2)cc1. The van der Waals surface area contributed by atoms with Gasteiger partial charge in [-0.3, -0.25) is 9.59 Å².